The first-order valence-electron chi connectivity index (χ1n) is 6.18. The van der Waals surface area contributed by atoms with Crippen molar-refractivity contribution in [2.45, 2.75) is 57.6 Å². The molecule has 2 nitrogen and oxygen atoms in total. The van der Waals surface area contributed by atoms with Gasteiger partial charge < -0.3 is 5.11 Å². The zero-order valence-corrected chi connectivity index (χ0v) is 9.28. The molecule has 0 spiro atoms. The third kappa shape index (κ3) is 2.48. The Bertz CT molecular complexity index is 179. The van der Waals surface area contributed by atoms with Crippen molar-refractivity contribution < 1.29 is 5.11 Å². The van der Waals surface area contributed by atoms with Crippen molar-refractivity contribution in [1.82, 2.24) is 4.90 Å². The zero-order chi connectivity index (χ0) is 9.97. The smallest absolute Gasteiger partial charge is 0.0667 e. The average Bonchev–Trinajstić information content (AvgIpc) is 2.08. The Balaban J connectivity index is 1.71. The van der Waals surface area contributed by atoms with E-state index in [0.29, 0.717) is 6.04 Å². The minimum absolute atomic E-state index is 0.0624. The van der Waals surface area contributed by atoms with Gasteiger partial charge in [-0.05, 0) is 38.6 Å². The van der Waals surface area contributed by atoms with Crippen LogP contribution in [0, 0.1) is 5.92 Å². The van der Waals surface area contributed by atoms with Crippen LogP contribution in [0.15, 0.2) is 0 Å². The second-order valence-electron chi connectivity index (χ2n) is 5.16. The van der Waals surface area contributed by atoms with Crippen molar-refractivity contribution in [1.29, 1.82) is 0 Å². The van der Waals surface area contributed by atoms with Crippen molar-refractivity contribution in [2.75, 3.05) is 13.1 Å². The molecule has 0 aromatic rings. The van der Waals surface area contributed by atoms with E-state index in [4.69, 9.17) is 0 Å². The van der Waals surface area contributed by atoms with Crippen LogP contribution < -0.4 is 0 Å². The first kappa shape index (κ1) is 10.4. The van der Waals surface area contributed by atoms with Crippen LogP contribution in [0.1, 0.15) is 45.4 Å². The van der Waals surface area contributed by atoms with Gasteiger partial charge in [0, 0.05) is 12.6 Å². The van der Waals surface area contributed by atoms with Crippen LogP contribution in [0.25, 0.3) is 0 Å². The van der Waals surface area contributed by atoms with Crippen LogP contribution in [-0.2, 0) is 0 Å². The molecule has 2 heteroatoms. The maximum atomic E-state index is 9.59. The monoisotopic (exact) mass is 197 g/mol. The largest absolute Gasteiger partial charge is 0.392 e. The SMILES string of the molecule is CC1CCC(O)CN1CCC1CCC1. The summed E-state index contributed by atoms with van der Waals surface area (Å²) in [5, 5.41) is 9.59. The standard InChI is InChI=1S/C12H23NO/c1-10-5-6-12(14)9-13(10)8-7-11-3-2-4-11/h10-12,14H,2-9H2,1H3. The number of piperidine rings is 1. The van der Waals surface area contributed by atoms with E-state index in [1.54, 1.807) is 0 Å². The molecular weight excluding hydrogens is 174 g/mol. The molecule has 0 radical (unpaired) electrons. The summed E-state index contributed by atoms with van der Waals surface area (Å²) in [5.41, 5.74) is 0. The van der Waals surface area contributed by atoms with Gasteiger partial charge in [0.2, 0.25) is 0 Å². The molecule has 0 aromatic heterocycles. The van der Waals surface area contributed by atoms with E-state index in [1.165, 1.54) is 38.6 Å². The molecule has 2 atom stereocenters. The first-order valence-corrected chi connectivity index (χ1v) is 6.18. The minimum Gasteiger partial charge on any atom is -0.392 e. The van der Waals surface area contributed by atoms with Gasteiger partial charge in [-0.2, -0.15) is 0 Å². The molecule has 14 heavy (non-hydrogen) atoms. The molecule has 1 heterocycles. The lowest BCUT2D eigenvalue weighted by molar-refractivity contribution is 0.0355. The molecule has 2 aliphatic rings. The molecular formula is C12H23NO. The second kappa shape index (κ2) is 4.63. The van der Waals surface area contributed by atoms with E-state index in [9.17, 15) is 5.11 Å². The zero-order valence-electron chi connectivity index (χ0n) is 9.28. The lowest BCUT2D eigenvalue weighted by Gasteiger charge is -2.37. The quantitative estimate of drug-likeness (QED) is 0.748. The first-order chi connectivity index (χ1) is 6.75. The Kier molecular flexibility index (Phi) is 3.45. The van der Waals surface area contributed by atoms with E-state index >= 15 is 0 Å². The average molecular weight is 197 g/mol. The van der Waals surface area contributed by atoms with Gasteiger partial charge in [-0.3, -0.25) is 4.90 Å². The molecule has 1 saturated heterocycles. The molecule has 1 aliphatic carbocycles. The van der Waals surface area contributed by atoms with E-state index in [1.807, 2.05) is 0 Å². The summed E-state index contributed by atoms with van der Waals surface area (Å²) in [4.78, 5) is 2.48. The fourth-order valence-electron chi connectivity index (χ4n) is 2.60. The highest BCUT2D eigenvalue weighted by Gasteiger charge is 2.25. The predicted molar refractivity (Wildman–Crippen MR) is 58.2 cm³/mol. The fourth-order valence-corrected chi connectivity index (χ4v) is 2.60. The third-order valence-electron chi connectivity index (χ3n) is 4.04. The number of hydrogen-bond acceptors (Lipinski definition) is 2. The lowest BCUT2D eigenvalue weighted by atomic mass is 9.82. The minimum atomic E-state index is -0.0624. The number of β-amino-alcohol motifs (C(OH)–C–C–N with tert-alkyl or cyclic N) is 1. The van der Waals surface area contributed by atoms with Crippen LogP contribution in [0.5, 0.6) is 0 Å². The normalized spacial score (nSPS) is 35.6. The summed E-state index contributed by atoms with van der Waals surface area (Å²) in [6.45, 7) is 4.42. The molecule has 2 unspecified atom stereocenters. The van der Waals surface area contributed by atoms with E-state index in [-0.39, 0.29) is 6.10 Å². The van der Waals surface area contributed by atoms with Crippen LogP contribution in [0.4, 0.5) is 0 Å². The van der Waals surface area contributed by atoms with E-state index in [2.05, 4.69) is 11.8 Å². The van der Waals surface area contributed by atoms with Gasteiger partial charge in [0.15, 0.2) is 0 Å². The summed E-state index contributed by atoms with van der Waals surface area (Å²) in [6, 6.07) is 0.693. The van der Waals surface area contributed by atoms with E-state index in [0.717, 1.165) is 18.9 Å². The van der Waals surface area contributed by atoms with Gasteiger partial charge in [-0.15, -0.1) is 0 Å². The van der Waals surface area contributed by atoms with Crippen LogP contribution >= 0.6 is 0 Å². The van der Waals surface area contributed by atoms with Crippen molar-refractivity contribution in [2.24, 2.45) is 5.92 Å². The van der Waals surface area contributed by atoms with Crippen LogP contribution in [-0.4, -0.2) is 35.2 Å². The molecule has 1 saturated carbocycles. The van der Waals surface area contributed by atoms with Crippen molar-refractivity contribution in [3.8, 4) is 0 Å². The van der Waals surface area contributed by atoms with Crippen molar-refractivity contribution >= 4 is 0 Å². The maximum Gasteiger partial charge on any atom is 0.0667 e. The number of aliphatic hydroxyl groups excluding tert-OH is 1. The lowest BCUT2D eigenvalue weighted by Crippen LogP contribution is -2.45. The Morgan fingerprint density at radius 2 is 2.00 bits per heavy atom. The number of likely N-dealkylation sites (tertiary alicyclic amines) is 1. The van der Waals surface area contributed by atoms with Crippen molar-refractivity contribution in [3.63, 3.8) is 0 Å². The van der Waals surface area contributed by atoms with Crippen molar-refractivity contribution in [3.05, 3.63) is 0 Å². The molecule has 2 fully saturated rings. The number of hydrogen-bond donors (Lipinski definition) is 1. The van der Waals surface area contributed by atoms with Gasteiger partial charge in [0.1, 0.15) is 0 Å². The Hall–Kier alpha value is -0.0800. The Morgan fingerprint density at radius 3 is 2.64 bits per heavy atom. The van der Waals surface area contributed by atoms with E-state index < -0.39 is 0 Å². The summed E-state index contributed by atoms with van der Waals surface area (Å²) in [6.07, 6.45) is 7.81. The van der Waals surface area contributed by atoms with Gasteiger partial charge in [-0.25, -0.2) is 0 Å². The molecule has 82 valence electrons. The molecule has 0 aromatic carbocycles. The third-order valence-corrected chi connectivity index (χ3v) is 4.04. The molecule has 1 N–H and O–H groups in total. The predicted octanol–water partition coefficient (Wildman–Crippen LogP) is 2.02. The fraction of sp³-hybridized carbons (Fsp3) is 1.00. The molecule has 2 rings (SSSR count). The van der Waals surface area contributed by atoms with Crippen LogP contribution in [0.3, 0.4) is 0 Å². The van der Waals surface area contributed by atoms with Gasteiger partial charge >= 0.3 is 0 Å². The highest BCUT2D eigenvalue weighted by molar-refractivity contribution is 4.80. The number of aliphatic hydroxyl groups is 1. The second-order valence-corrected chi connectivity index (χ2v) is 5.16. The van der Waals surface area contributed by atoms with Gasteiger partial charge in [0.05, 0.1) is 6.10 Å². The van der Waals surface area contributed by atoms with Crippen LogP contribution in [0.2, 0.25) is 0 Å². The molecule has 0 amide bonds. The highest BCUT2D eigenvalue weighted by Crippen LogP contribution is 2.30. The van der Waals surface area contributed by atoms with Gasteiger partial charge in [-0.1, -0.05) is 19.3 Å². The summed E-state index contributed by atoms with van der Waals surface area (Å²) >= 11 is 0. The Labute approximate surface area is 87.3 Å². The Morgan fingerprint density at radius 1 is 1.21 bits per heavy atom. The number of nitrogens with zero attached hydrogens (tertiary/aromatic N) is 1. The molecule has 1 aliphatic heterocycles. The number of rotatable bonds is 3. The topological polar surface area (TPSA) is 23.5 Å². The summed E-state index contributed by atoms with van der Waals surface area (Å²) < 4.78 is 0. The summed E-state index contributed by atoms with van der Waals surface area (Å²) in [7, 11) is 0. The summed E-state index contributed by atoms with van der Waals surface area (Å²) in [5.74, 6) is 1.00. The maximum absolute atomic E-state index is 9.59. The molecule has 0 bridgehead atoms. The highest BCUT2D eigenvalue weighted by atomic mass is 16.3. The van der Waals surface area contributed by atoms with Gasteiger partial charge in [0.25, 0.3) is 0 Å².